The number of anilines is 1. The number of nitrogens with zero attached hydrogens (tertiary/aromatic N) is 3. The fraction of sp³-hybridized carbons (Fsp3) is 0.0769. The fourth-order valence-corrected chi connectivity index (χ4v) is 1.83. The van der Waals surface area contributed by atoms with Gasteiger partial charge in [0.1, 0.15) is 23.0 Å². The third kappa shape index (κ3) is 1.60. The first-order valence-corrected chi connectivity index (χ1v) is 5.51. The number of pyridine rings is 2. The summed E-state index contributed by atoms with van der Waals surface area (Å²) < 4.78 is 14.7. The molecule has 3 aromatic heterocycles. The van der Waals surface area contributed by atoms with Crippen LogP contribution < -0.4 is 5.73 Å². The molecule has 0 radical (unpaired) electrons. The molecular formula is C13H11FN4. The molecule has 3 heterocycles. The zero-order valence-corrected chi connectivity index (χ0v) is 9.76. The molecule has 0 fully saturated rings. The standard InChI is InChI=1S/C13H11FN4/c1-8-2-4-10(16-6-8)12-13(15)18-7-9(14)3-5-11(18)17-12/h2-7H,15H2,1H3. The minimum Gasteiger partial charge on any atom is -0.383 e. The van der Waals surface area contributed by atoms with E-state index >= 15 is 0 Å². The van der Waals surface area contributed by atoms with Crippen molar-refractivity contribution in [3.63, 3.8) is 0 Å². The smallest absolute Gasteiger partial charge is 0.140 e. The van der Waals surface area contributed by atoms with Crippen molar-refractivity contribution in [1.29, 1.82) is 0 Å². The van der Waals surface area contributed by atoms with Gasteiger partial charge in [-0.05, 0) is 30.7 Å². The van der Waals surface area contributed by atoms with Gasteiger partial charge in [-0.15, -0.1) is 0 Å². The molecule has 3 aromatic rings. The van der Waals surface area contributed by atoms with E-state index in [9.17, 15) is 4.39 Å². The Morgan fingerprint density at radius 2 is 2.06 bits per heavy atom. The van der Waals surface area contributed by atoms with Gasteiger partial charge in [0.2, 0.25) is 0 Å². The molecule has 0 spiro atoms. The van der Waals surface area contributed by atoms with E-state index in [0.29, 0.717) is 22.9 Å². The Bertz CT molecular complexity index is 716. The normalized spacial score (nSPS) is 11.0. The largest absolute Gasteiger partial charge is 0.383 e. The van der Waals surface area contributed by atoms with Crippen molar-refractivity contribution in [2.75, 3.05) is 5.73 Å². The number of nitrogen functional groups attached to an aromatic ring is 1. The lowest BCUT2D eigenvalue weighted by Gasteiger charge is -1.99. The molecule has 90 valence electrons. The molecule has 0 amide bonds. The van der Waals surface area contributed by atoms with Crippen molar-refractivity contribution in [1.82, 2.24) is 14.4 Å². The minimum absolute atomic E-state index is 0.352. The van der Waals surface area contributed by atoms with Crippen LogP contribution in [0.3, 0.4) is 0 Å². The van der Waals surface area contributed by atoms with Gasteiger partial charge in [0, 0.05) is 12.4 Å². The first-order chi connectivity index (χ1) is 8.65. The van der Waals surface area contributed by atoms with Crippen LogP contribution in [0, 0.1) is 12.7 Å². The van der Waals surface area contributed by atoms with E-state index in [1.165, 1.54) is 16.7 Å². The molecule has 0 saturated heterocycles. The van der Waals surface area contributed by atoms with Crippen molar-refractivity contribution in [2.24, 2.45) is 0 Å². The molecule has 0 aliphatic heterocycles. The average Bonchev–Trinajstić information content (AvgIpc) is 2.68. The Morgan fingerprint density at radius 3 is 2.78 bits per heavy atom. The second kappa shape index (κ2) is 3.80. The summed E-state index contributed by atoms with van der Waals surface area (Å²) in [6, 6.07) is 6.73. The van der Waals surface area contributed by atoms with Gasteiger partial charge >= 0.3 is 0 Å². The molecule has 0 aliphatic rings. The Kier molecular flexibility index (Phi) is 2.26. The second-order valence-electron chi connectivity index (χ2n) is 4.14. The van der Waals surface area contributed by atoms with Crippen molar-refractivity contribution >= 4 is 11.5 Å². The van der Waals surface area contributed by atoms with E-state index < -0.39 is 0 Å². The van der Waals surface area contributed by atoms with Crippen LogP contribution in [0.4, 0.5) is 10.2 Å². The fourth-order valence-electron chi connectivity index (χ4n) is 1.83. The van der Waals surface area contributed by atoms with E-state index in [1.54, 1.807) is 12.3 Å². The van der Waals surface area contributed by atoms with Crippen LogP contribution in [0.15, 0.2) is 36.7 Å². The number of hydrogen-bond acceptors (Lipinski definition) is 3. The van der Waals surface area contributed by atoms with Crippen molar-refractivity contribution in [3.8, 4) is 11.4 Å². The molecule has 4 nitrogen and oxygen atoms in total. The molecule has 0 saturated carbocycles. The maximum atomic E-state index is 13.2. The maximum absolute atomic E-state index is 13.2. The van der Waals surface area contributed by atoms with E-state index in [4.69, 9.17) is 5.73 Å². The molecule has 18 heavy (non-hydrogen) atoms. The van der Waals surface area contributed by atoms with Crippen molar-refractivity contribution in [2.45, 2.75) is 6.92 Å². The average molecular weight is 242 g/mol. The molecule has 0 aliphatic carbocycles. The minimum atomic E-state index is -0.352. The maximum Gasteiger partial charge on any atom is 0.140 e. The summed E-state index contributed by atoms with van der Waals surface area (Å²) >= 11 is 0. The van der Waals surface area contributed by atoms with Gasteiger partial charge < -0.3 is 5.73 Å². The quantitative estimate of drug-likeness (QED) is 0.713. The lowest BCUT2D eigenvalue weighted by Crippen LogP contribution is -1.95. The topological polar surface area (TPSA) is 56.2 Å². The van der Waals surface area contributed by atoms with Crippen LogP contribution in [-0.2, 0) is 0 Å². The summed E-state index contributed by atoms with van der Waals surface area (Å²) in [6.07, 6.45) is 3.06. The number of imidazole rings is 1. The number of nitrogens with two attached hydrogens (primary N) is 1. The van der Waals surface area contributed by atoms with Gasteiger partial charge in [-0.1, -0.05) is 6.07 Å². The summed E-state index contributed by atoms with van der Waals surface area (Å²) in [6.45, 7) is 1.96. The van der Waals surface area contributed by atoms with Gasteiger partial charge in [-0.3, -0.25) is 9.38 Å². The van der Waals surface area contributed by atoms with Crippen LogP contribution in [0.2, 0.25) is 0 Å². The van der Waals surface area contributed by atoms with E-state index in [-0.39, 0.29) is 5.82 Å². The summed E-state index contributed by atoms with van der Waals surface area (Å²) in [5, 5.41) is 0. The van der Waals surface area contributed by atoms with Crippen LogP contribution in [0.25, 0.3) is 17.0 Å². The van der Waals surface area contributed by atoms with Crippen LogP contribution >= 0.6 is 0 Å². The summed E-state index contributed by atoms with van der Waals surface area (Å²) in [4.78, 5) is 8.64. The lowest BCUT2D eigenvalue weighted by molar-refractivity contribution is 0.619. The lowest BCUT2D eigenvalue weighted by atomic mass is 10.2. The zero-order chi connectivity index (χ0) is 12.7. The van der Waals surface area contributed by atoms with E-state index in [2.05, 4.69) is 9.97 Å². The number of hydrogen-bond donors (Lipinski definition) is 1. The Morgan fingerprint density at radius 1 is 1.22 bits per heavy atom. The molecule has 2 N–H and O–H groups in total. The number of aromatic nitrogens is 3. The molecule has 0 atom stereocenters. The van der Waals surface area contributed by atoms with Crippen LogP contribution in [-0.4, -0.2) is 14.4 Å². The first-order valence-electron chi connectivity index (χ1n) is 5.51. The van der Waals surface area contributed by atoms with Crippen LogP contribution in [0.5, 0.6) is 0 Å². The van der Waals surface area contributed by atoms with E-state index in [0.717, 1.165) is 5.56 Å². The summed E-state index contributed by atoms with van der Waals surface area (Å²) in [7, 11) is 0. The summed E-state index contributed by atoms with van der Waals surface area (Å²) in [5.41, 5.74) is 8.89. The molecule has 0 unspecified atom stereocenters. The zero-order valence-electron chi connectivity index (χ0n) is 9.76. The van der Waals surface area contributed by atoms with Crippen molar-refractivity contribution in [3.05, 3.63) is 48.0 Å². The highest BCUT2D eigenvalue weighted by molar-refractivity contribution is 5.72. The SMILES string of the molecule is Cc1ccc(-c2nc3ccc(F)cn3c2N)nc1. The predicted molar refractivity (Wildman–Crippen MR) is 67.5 cm³/mol. The van der Waals surface area contributed by atoms with E-state index in [1.807, 2.05) is 19.1 Å². The summed E-state index contributed by atoms with van der Waals surface area (Å²) in [5.74, 6) is 0.0378. The van der Waals surface area contributed by atoms with Gasteiger partial charge in [0.15, 0.2) is 0 Å². The molecule has 3 rings (SSSR count). The van der Waals surface area contributed by atoms with Crippen molar-refractivity contribution < 1.29 is 4.39 Å². The monoisotopic (exact) mass is 242 g/mol. The first kappa shape index (κ1) is 10.7. The molecule has 0 bridgehead atoms. The number of aryl methyl sites for hydroxylation is 1. The Hall–Kier alpha value is -2.43. The molecule has 5 heteroatoms. The van der Waals surface area contributed by atoms with Crippen LogP contribution in [0.1, 0.15) is 5.56 Å². The second-order valence-corrected chi connectivity index (χ2v) is 4.14. The van der Waals surface area contributed by atoms with Gasteiger partial charge in [0.25, 0.3) is 0 Å². The van der Waals surface area contributed by atoms with Gasteiger partial charge in [-0.2, -0.15) is 0 Å². The Labute approximate surface area is 103 Å². The third-order valence-corrected chi connectivity index (χ3v) is 2.77. The third-order valence-electron chi connectivity index (χ3n) is 2.77. The Balaban J connectivity index is 2.23. The van der Waals surface area contributed by atoms with Gasteiger partial charge in [0.05, 0.1) is 5.69 Å². The molecule has 0 aromatic carbocycles. The number of halogens is 1. The highest BCUT2D eigenvalue weighted by Crippen LogP contribution is 2.24. The highest BCUT2D eigenvalue weighted by atomic mass is 19.1. The molecular weight excluding hydrogens is 231 g/mol. The number of rotatable bonds is 1. The van der Waals surface area contributed by atoms with Gasteiger partial charge in [-0.25, -0.2) is 9.37 Å². The predicted octanol–water partition coefficient (Wildman–Crippen LogP) is 2.43. The number of fused-ring (bicyclic) bond motifs is 1. The highest BCUT2D eigenvalue weighted by Gasteiger charge is 2.12.